The molecule has 1 fully saturated rings. The highest BCUT2D eigenvalue weighted by Gasteiger charge is 2.27. The van der Waals surface area contributed by atoms with Crippen LogP contribution in [0, 0.1) is 22.2 Å². The number of nitrogens with zero attached hydrogens (tertiary/aromatic N) is 6. The Morgan fingerprint density at radius 2 is 2.06 bits per heavy atom. The molecule has 1 atom stereocenters. The summed E-state index contributed by atoms with van der Waals surface area (Å²) < 4.78 is 29.1. The number of aromatic nitrogens is 4. The lowest BCUT2D eigenvalue weighted by Gasteiger charge is -2.21. The Morgan fingerprint density at radius 3 is 2.74 bits per heavy atom. The standard InChI is InChI=1S/C20H23N7O3S/c1-31(29,30)25-17-8-19-20(15(11-24-28)9-22-27(19)13-17)16-10-23-26(12-16)18(6-7-21)14-4-2-3-5-14/h8-10,12-14,18,25H,2-6,11H2,1H3. The fourth-order valence-electron chi connectivity index (χ4n) is 4.45. The molecule has 0 spiro atoms. The van der Waals surface area contributed by atoms with Gasteiger partial charge in [0.1, 0.15) is 6.54 Å². The summed E-state index contributed by atoms with van der Waals surface area (Å²) in [5.74, 6) is 0.417. The lowest BCUT2D eigenvalue weighted by Crippen LogP contribution is -2.17. The molecule has 1 N–H and O–H groups in total. The average Bonchev–Trinajstić information content (AvgIpc) is 3.45. The van der Waals surface area contributed by atoms with Gasteiger partial charge in [-0.15, -0.1) is 0 Å². The van der Waals surface area contributed by atoms with E-state index in [0.29, 0.717) is 34.7 Å². The number of fused-ring (bicyclic) bond motifs is 1. The third-order valence-corrected chi connectivity index (χ3v) is 6.33. The minimum Gasteiger partial charge on any atom is -0.282 e. The van der Waals surface area contributed by atoms with E-state index in [1.165, 1.54) is 12.8 Å². The molecule has 31 heavy (non-hydrogen) atoms. The molecule has 1 aliphatic carbocycles. The molecule has 3 heterocycles. The second kappa shape index (κ2) is 8.47. The number of nitroso groups, excluding NO2 is 1. The van der Waals surface area contributed by atoms with Gasteiger partial charge in [-0.3, -0.25) is 9.40 Å². The lowest BCUT2D eigenvalue weighted by molar-refractivity contribution is 0.315. The normalized spacial score (nSPS) is 15.7. The van der Waals surface area contributed by atoms with E-state index in [4.69, 9.17) is 0 Å². The summed E-state index contributed by atoms with van der Waals surface area (Å²) >= 11 is 0. The number of hydrogen-bond donors (Lipinski definition) is 1. The van der Waals surface area contributed by atoms with Gasteiger partial charge in [0.2, 0.25) is 10.0 Å². The lowest BCUT2D eigenvalue weighted by atomic mass is 9.96. The van der Waals surface area contributed by atoms with Gasteiger partial charge in [0.25, 0.3) is 0 Å². The zero-order valence-corrected chi connectivity index (χ0v) is 17.9. The molecule has 0 saturated heterocycles. The molecule has 162 valence electrons. The fourth-order valence-corrected chi connectivity index (χ4v) is 4.99. The van der Waals surface area contributed by atoms with Crippen LogP contribution < -0.4 is 4.72 Å². The summed E-state index contributed by atoms with van der Waals surface area (Å²) in [6.45, 7) is -0.0751. The summed E-state index contributed by atoms with van der Waals surface area (Å²) in [4.78, 5) is 11.0. The van der Waals surface area contributed by atoms with E-state index in [1.54, 1.807) is 29.2 Å². The Kier molecular flexibility index (Phi) is 5.73. The van der Waals surface area contributed by atoms with Crippen LogP contribution in [0.15, 0.2) is 36.0 Å². The van der Waals surface area contributed by atoms with Gasteiger partial charge in [-0.25, -0.2) is 12.9 Å². The second-order valence-electron chi connectivity index (χ2n) is 7.95. The average molecular weight is 442 g/mol. The maximum atomic E-state index is 11.6. The van der Waals surface area contributed by atoms with Crippen LogP contribution >= 0.6 is 0 Å². The van der Waals surface area contributed by atoms with E-state index in [1.807, 2.05) is 10.9 Å². The van der Waals surface area contributed by atoms with E-state index < -0.39 is 10.0 Å². The molecule has 1 unspecified atom stereocenters. The Morgan fingerprint density at radius 1 is 1.29 bits per heavy atom. The van der Waals surface area contributed by atoms with Crippen molar-refractivity contribution < 1.29 is 8.42 Å². The van der Waals surface area contributed by atoms with Crippen LogP contribution in [0.2, 0.25) is 0 Å². The van der Waals surface area contributed by atoms with Gasteiger partial charge in [-0.1, -0.05) is 18.0 Å². The first-order valence-corrected chi connectivity index (χ1v) is 12.0. The molecule has 0 aromatic carbocycles. The van der Waals surface area contributed by atoms with Crippen LogP contribution in [-0.2, 0) is 16.6 Å². The monoisotopic (exact) mass is 441 g/mol. The van der Waals surface area contributed by atoms with Crippen molar-refractivity contribution >= 4 is 21.2 Å². The first-order chi connectivity index (χ1) is 14.9. The minimum absolute atomic E-state index is 0.000927. The van der Waals surface area contributed by atoms with Gasteiger partial charge in [0, 0.05) is 22.9 Å². The van der Waals surface area contributed by atoms with Crippen molar-refractivity contribution in [1.29, 1.82) is 5.26 Å². The largest absolute Gasteiger partial charge is 0.282 e. The predicted octanol–water partition coefficient (Wildman–Crippen LogP) is 3.48. The van der Waals surface area contributed by atoms with Gasteiger partial charge < -0.3 is 0 Å². The van der Waals surface area contributed by atoms with Gasteiger partial charge in [-0.05, 0) is 24.8 Å². The number of nitrogens with one attached hydrogen (secondary N) is 1. The molecular weight excluding hydrogens is 418 g/mol. The molecule has 1 aliphatic rings. The van der Waals surface area contributed by atoms with Crippen LogP contribution in [0.4, 0.5) is 5.69 Å². The quantitative estimate of drug-likeness (QED) is 0.532. The van der Waals surface area contributed by atoms with Gasteiger partial charge in [0.15, 0.2) is 0 Å². The van der Waals surface area contributed by atoms with Crippen LogP contribution in [0.5, 0.6) is 0 Å². The van der Waals surface area contributed by atoms with E-state index >= 15 is 0 Å². The summed E-state index contributed by atoms with van der Waals surface area (Å²) in [7, 11) is -3.45. The van der Waals surface area contributed by atoms with Crippen molar-refractivity contribution in [2.24, 2.45) is 11.1 Å². The molecule has 11 heteroatoms. The van der Waals surface area contributed by atoms with E-state index in [9.17, 15) is 18.6 Å². The zero-order chi connectivity index (χ0) is 22.0. The van der Waals surface area contributed by atoms with Gasteiger partial charge >= 0.3 is 0 Å². The van der Waals surface area contributed by atoms with Crippen LogP contribution in [0.3, 0.4) is 0 Å². The predicted molar refractivity (Wildman–Crippen MR) is 116 cm³/mol. The zero-order valence-electron chi connectivity index (χ0n) is 17.1. The summed E-state index contributed by atoms with van der Waals surface area (Å²) in [6, 6.07) is 3.95. The number of anilines is 1. The summed E-state index contributed by atoms with van der Waals surface area (Å²) in [5, 5.41) is 21.2. The highest BCUT2D eigenvalue weighted by atomic mass is 32.2. The van der Waals surface area contributed by atoms with E-state index in [0.717, 1.165) is 24.7 Å². The highest BCUT2D eigenvalue weighted by Crippen LogP contribution is 2.37. The van der Waals surface area contributed by atoms with Gasteiger partial charge in [-0.2, -0.15) is 20.4 Å². The first-order valence-electron chi connectivity index (χ1n) is 10.1. The number of hydrogen-bond acceptors (Lipinski definition) is 7. The molecule has 3 aromatic rings. The molecule has 1 saturated carbocycles. The van der Waals surface area contributed by atoms with Crippen molar-refractivity contribution in [3.63, 3.8) is 0 Å². The number of rotatable bonds is 8. The van der Waals surface area contributed by atoms with Crippen molar-refractivity contribution in [3.05, 3.63) is 41.3 Å². The molecule has 10 nitrogen and oxygen atoms in total. The topological polar surface area (TPSA) is 135 Å². The fraction of sp³-hybridized carbons (Fsp3) is 0.450. The maximum Gasteiger partial charge on any atom is 0.229 e. The smallest absolute Gasteiger partial charge is 0.229 e. The van der Waals surface area contributed by atoms with Crippen molar-refractivity contribution in [3.8, 4) is 17.2 Å². The molecule has 0 aliphatic heterocycles. The molecule has 0 bridgehead atoms. The Bertz CT molecular complexity index is 1250. The molecular formula is C20H23N7O3S. The molecule has 3 aromatic heterocycles. The third-order valence-electron chi connectivity index (χ3n) is 5.73. The van der Waals surface area contributed by atoms with E-state index in [-0.39, 0.29) is 12.6 Å². The van der Waals surface area contributed by atoms with E-state index in [2.05, 4.69) is 26.2 Å². The minimum atomic E-state index is -3.45. The van der Waals surface area contributed by atoms with Crippen molar-refractivity contribution in [2.75, 3.05) is 11.0 Å². The van der Waals surface area contributed by atoms with Crippen LogP contribution in [-0.4, -0.2) is 34.1 Å². The van der Waals surface area contributed by atoms with Crippen LogP contribution in [0.1, 0.15) is 43.7 Å². The van der Waals surface area contributed by atoms with Crippen LogP contribution in [0.25, 0.3) is 16.6 Å². The number of sulfonamides is 1. The van der Waals surface area contributed by atoms with Gasteiger partial charge in [0.05, 0.1) is 54.6 Å². The first kappa shape index (κ1) is 21.0. The summed E-state index contributed by atoms with van der Waals surface area (Å²) in [6.07, 6.45) is 12.7. The molecule has 0 radical (unpaired) electrons. The maximum absolute atomic E-state index is 11.6. The number of nitriles is 1. The molecule has 0 amide bonds. The molecule has 4 rings (SSSR count). The third kappa shape index (κ3) is 4.44. The Balaban J connectivity index is 1.79. The Labute approximate surface area is 179 Å². The summed E-state index contributed by atoms with van der Waals surface area (Å²) in [5.41, 5.74) is 3.09. The van der Waals surface area contributed by atoms with Crippen molar-refractivity contribution in [1.82, 2.24) is 19.4 Å². The highest BCUT2D eigenvalue weighted by molar-refractivity contribution is 7.92. The second-order valence-corrected chi connectivity index (χ2v) is 9.70. The Hall–Kier alpha value is -3.26. The SMILES string of the molecule is CS(=O)(=O)Nc1cc2c(-c3cnn(C(CC#N)C4CCCC4)c3)c(CN=O)cnn2c1. The van der Waals surface area contributed by atoms with Crippen molar-refractivity contribution in [2.45, 2.75) is 44.7 Å².